The van der Waals surface area contributed by atoms with Gasteiger partial charge in [-0.3, -0.25) is 0 Å². The van der Waals surface area contributed by atoms with Crippen molar-refractivity contribution >= 4 is 5.69 Å². The molecule has 1 aliphatic heterocycles. The third kappa shape index (κ3) is 1.86. The summed E-state index contributed by atoms with van der Waals surface area (Å²) in [7, 11) is 3.78. The minimum atomic E-state index is 0.417. The zero-order valence-electron chi connectivity index (χ0n) is 9.79. The molecule has 0 aliphatic carbocycles. The molecule has 2 N–H and O–H groups in total. The van der Waals surface area contributed by atoms with Gasteiger partial charge in [0.15, 0.2) is 0 Å². The zero-order chi connectivity index (χ0) is 11.5. The molecule has 0 spiro atoms. The van der Waals surface area contributed by atoms with E-state index in [-0.39, 0.29) is 0 Å². The van der Waals surface area contributed by atoms with Crippen LogP contribution in [0.15, 0.2) is 12.1 Å². The van der Waals surface area contributed by atoms with Crippen LogP contribution in [-0.4, -0.2) is 25.9 Å². The highest BCUT2D eigenvalue weighted by Crippen LogP contribution is 2.36. The first-order valence-corrected chi connectivity index (χ1v) is 5.54. The summed E-state index contributed by atoms with van der Waals surface area (Å²) in [6.07, 6.45) is 2.19. The second-order valence-electron chi connectivity index (χ2n) is 4.12. The Morgan fingerprint density at radius 1 is 1.50 bits per heavy atom. The van der Waals surface area contributed by atoms with E-state index in [2.05, 4.69) is 23.5 Å². The number of nitrogens with one attached hydrogen (secondary N) is 1. The number of anilines is 1. The Kier molecular flexibility index (Phi) is 3.31. The third-order valence-electron chi connectivity index (χ3n) is 3.12. The van der Waals surface area contributed by atoms with Crippen LogP contribution in [0, 0.1) is 0 Å². The second kappa shape index (κ2) is 4.72. The van der Waals surface area contributed by atoms with Crippen LogP contribution < -0.4 is 15.1 Å². The summed E-state index contributed by atoms with van der Waals surface area (Å²) in [4.78, 5) is 2.25. The number of hydrogen-bond donors (Lipinski definition) is 2. The van der Waals surface area contributed by atoms with Crippen molar-refractivity contribution in [2.24, 2.45) is 0 Å². The number of hydroxylamine groups is 1. The van der Waals surface area contributed by atoms with Gasteiger partial charge >= 0.3 is 0 Å². The van der Waals surface area contributed by atoms with E-state index < -0.39 is 0 Å². The van der Waals surface area contributed by atoms with Gasteiger partial charge < -0.3 is 14.8 Å². The van der Waals surface area contributed by atoms with E-state index in [9.17, 15) is 0 Å². The number of methoxy groups -OCH3 is 1. The van der Waals surface area contributed by atoms with Crippen LogP contribution in [0.4, 0.5) is 5.69 Å². The first-order valence-electron chi connectivity index (χ1n) is 5.54. The molecule has 0 amide bonds. The molecule has 2 rings (SSSR count). The molecule has 0 radical (unpaired) electrons. The molecule has 0 saturated carbocycles. The molecule has 1 aliphatic rings. The second-order valence-corrected chi connectivity index (χ2v) is 4.12. The summed E-state index contributed by atoms with van der Waals surface area (Å²) in [5, 5.41) is 8.78. The third-order valence-corrected chi connectivity index (χ3v) is 3.12. The normalized spacial score (nSPS) is 14.8. The molecule has 88 valence electrons. The maximum Gasteiger partial charge on any atom is 0.128 e. The Morgan fingerprint density at radius 3 is 3.00 bits per heavy atom. The van der Waals surface area contributed by atoms with Crippen molar-refractivity contribution in [1.29, 1.82) is 0 Å². The summed E-state index contributed by atoms with van der Waals surface area (Å²) < 4.78 is 5.47. The molecular formula is C12H18N2O2. The van der Waals surface area contributed by atoms with Gasteiger partial charge in [-0.2, -0.15) is 0 Å². The molecule has 0 saturated heterocycles. The van der Waals surface area contributed by atoms with Crippen LogP contribution in [0.25, 0.3) is 0 Å². The van der Waals surface area contributed by atoms with Gasteiger partial charge in [-0.05, 0) is 18.9 Å². The summed E-state index contributed by atoms with van der Waals surface area (Å²) in [5.41, 5.74) is 5.68. The van der Waals surface area contributed by atoms with E-state index in [0.717, 1.165) is 30.7 Å². The van der Waals surface area contributed by atoms with Gasteiger partial charge in [0.25, 0.3) is 0 Å². The van der Waals surface area contributed by atoms with Crippen LogP contribution in [0.1, 0.15) is 17.5 Å². The lowest BCUT2D eigenvalue weighted by atomic mass is 9.98. The highest BCUT2D eigenvalue weighted by molar-refractivity contribution is 5.63. The van der Waals surface area contributed by atoms with Crippen molar-refractivity contribution in [2.45, 2.75) is 19.4 Å². The van der Waals surface area contributed by atoms with E-state index in [4.69, 9.17) is 9.94 Å². The predicted octanol–water partition coefficient (Wildman–Crippen LogP) is 1.56. The lowest BCUT2D eigenvalue weighted by Gasteiger charge is -2.29. The molecule has 4 heteroatoms. The van der Waals surface area contributed by atoms with Gasteiger partial charge in [0.05, 0.1) is 7.11 Å². The molecule has 4 nitrogen and oxygen atoms in total. The van der Waals surface area contributed by atoms with Gasteiger partial charge in [0.2, 0.25) is 0 Å². The number of ether oxygens (including phenoxy) is 1. The van der Waals surface area contributed by atoms with Gasteiger partial charge in [-0.15, -0.1) is 0 Å². The summed E-state index contributed by atoms with van der Waals surface area (Å²) in [6.45, 7) is 1.51. The number of nitrogens with zero attached hydrogens (tertiary/aromatic N) is 1. The molecule has 1 aromatic rings. The van der Waals surface area contributed by atoms with Gasteiger partial charge in [-0.25, -0.2) is 5.48 Å². The Labute approximate surface area is 95.8 Å². The number of hydrogen-bond acceptors (Lipinski definition) is 4. The molecule has 0 aromatic heterocycles. The maximum atomic E-state index is 8.78. The number of rotatable bonds is 3. The number of benzene rings is 1. The minimum Gasteiger partial charge on any atom is -0.496 e. The molecule has 1 heterocycles. The Bertz CT molecular complexity index is 380. The zero-order valence-corrected chi connectivity index (χ0v) is 9.79. The van der Waals surface area contributed by atoms with Crippen molar-refractivity contribution in [3.05, 3.63) is 23.3 Å². The van der Waals surface area contributed by atoms with Crippen molar-refractivity contribution in [3.8, 4) is 5.75 Å². The van der Waals surface area contributed by atoms with E-state index >= 15 is 0 Å². The summed E-state index contributed by atoms with van der Waals surface area (Å²) in [6, 6.07) is 4.10. The van der Waals surface area contributed by atoms with Crippen LogP contribution in [0.5, 0.6) is 5.75 Å². The van der Waals surface area contributed by atoms with E-state index in [1.807, 2.05) is 6.07 Å². The molecule has 16 heavy (non-hydrogen) atoms. The van der Waals surface area contributed by atoms with Crippen LogP contribution >= 0.6 is 0 Å². The molecule has 1 aromatic carbocycles. The van der Waals surface area contributed by atoms with E-state index in [0.29, 0.717) is 6.54 Å². The topological polar surface area (TPSA) is 44.7 Å². The maximum absolute atomic E-state index is 8.78. The monoisotopic (exact) mass is 222 g/mol. The molecule has 0 unspecified atom stereocenters. The summed E-state index contributed by atoms with van der Waals surface area (Å²) >= 11 is 0. The highest BCUT2D eigenvalue weighted by atomic mass is 16.5. The Balaban J connectivity index is 2.46. The Morgan fingerprint density at radius 2 is 2.31 bits per heavy atom. The predicted molar refractivity (Wildman–Crippen MR) is 63.2 cm³/mol. The lowest BCUT2D eigenvalue weighted by Crippen LogP contribution is -2.25. The average Bonchev–Trinajstić information content (AvgIpc) is 2.29. The van der Waals surface area contributed by atoms with Gasteiger partial charge in [-0.1, -0.05) is 6.07 Å². The quantitative estimate of drug-likeness (QED) is 0.762. The fourth-order valence-electron chi connectivity index (χ4n) is 2.36. The van der Waals surface area contributed by atoms with Crippen molar-refractivity contribution in [2.75, 3.05) is 25.6 Å². The highest BCUT2D eigenvalue weighted by Gasteiger charge is 2.19. The van der Waals surface area contributed by atoms with E-state index in [1.165, 1.54) is 11.3 Å². The van der Waals surface area contributed by atoms with Gasteiger partial charge in [0.1, 0.15) is 5.75 Å². The first kappa shape index (κ1) is 11.2. The SMILES string of the molecule is COc1c(CNO)ccc2c1CCCN2C. The van der Waals surface area contributed by atoms with E-state index in [1.54, 1.807) is 7.11 Å². The Hall–Kier alpha value is -1.26. The van der Waals surface area contributed by atoms with Gasteiger partial charge in [0, 0.05) is 37.0 Å². The first-order chi connectivity index (χ1) is 7.77. The van der Waals surface area contributed by atoms with Crippen LogP contribution in [-0.2, 0) is 13.0 Å². The average molecular weight is 222 g/mol. The van der Waals surface area contributed by atoms with Crippen molar-refractivity contribution in [3.63, 3.8) is 0 Å². The largest absolute Gasteiger partial charge is 0.496 e. The molecule has 0 atom stereocenters. The van der Waals surface area contributed by atoms with Crippen LogP contribution in [0.3, 0.4) is 0 Å². The minimum absolute atomic E-state index is 0.417. The molecule has 0 fully saturated rings. The van der Waals surface area contributed by atoms with Crippen LogP contribution in [0.2, 0.25) is 0 Å². The molecule has 0 bridgehead atoms. The van der Waals surface area contributed by atoms with Crippen molar-refractivity contribution < 1.29 is 9.94 Å². The molecular weight excluding hydrogens is 204 g/mol. The number of fused-ring (bicyclic) bond motifs is 1. The van der Waals surface area contributed by atoms with Crippen molar-refractivity contribution in [1.82, 2.24) is 5.48 Å². The fourth-order valence-corrected chi connectivity index (χ4v) is 2.36. The fraction of sp³-hybridized carbons (Fsp3) is 0.500. The lowest BCUT2D eigenvalue weighted by molar-refractivity contribution is 0.160. The summed E-state index contributed by atoms with van der Waals surface area (Å²) in [5.74, 6) is 0.908. The standard InChI is InChI=1S/C12H18N2O2/c1-14-7-3-4-10-11(14)6-5-9(8-13-15)12(10)16-2/h5-6,13,15H,3-4,7-8H2,1-2H3. The smallest absolute Gasteiger partial charge is 0.128 e.